The van der Waals surface area contributed by atoms with Crippen LogP contribution in [0.25, 0.3) is 55.7 Å². The smallest absolute Gasteiger partial charge is 0.224 e. The standard InChI is InChI=1S/C28H24N6OS/c1-2-3-7-25(35)30-20-6-4-5-17(12-20)18-8-9-23-21(13-18)27(34-33-23)28-31-24-15-29-14-22(26(24)32-28)19-10-11-36-16-19/h4-6,8-16H,2-3,7H2,1H3,(H,30,35)(H,31,32)(H,33,34). The lowest BCUT2D eigenvalue weighted by Gasteiger charge is -2.08. The highest BCUT2D eigenvalue weighted by atomic mass is 32.1. The molecule has 0 saturated carbocycles. The van der Waals surface area contributed by atoms with E-state index >= 15 is 0 Å². The second-order valence-corrected chi connectivity index (χ2v) is 9.53. The van der Waals surface area contributed by atoms with E-state index in [1.807, 2.05) is 36.5 Å². The number of unbranched alkanes of at least 4 members (excludes halogenated alkanes) is 1. The van der Waals surface area contributed by atoms with Crippen molar-refractivity contribution < 1.29 is 4.79 Å². The zero-order valence-corrected chi connectivity index (χ0v) is 20.5. The lowest BCUT2D eigenvalue weighted by Crippen LogP contribution is -2.10. The number of aromatic amines is 2. The zero-order valence-electron chi connectivity index (χ0n) is 19.7. The highest BCUT2D eigenvalue weighted by molar-refractivity contribution is 7.08. The summed E-state index contributed by atoms with van der Waals surface area (Å²) < 4.78 is 0. The van der Waals surface area contributed by atoms with Crippen LogP contribution in [0, 0.1) is 0 Å². The van der Waals surface area contributed by atoms with E-state index in [2.05, 4.69) is 61.4 Å². The summed E-state index contributed by atoms with van der Waals surface area (Å²) in [5, 5.41) is 15.8. The van der Waals surface area contributed by atoms with Gasteiger partial charge < -0.3 is 10.3 Å². The van der Waals surface area contributed by atoms with Crippen LogP contribution in [0.2, 0.25) is 0 Å². The topological polar surface area (TPSA) is 99.3 Å². The van der Waals surface area contributed by atoms with Gasteiger partial charge in [-0.25, -0.2) is 4.98 Å². The summed E-state index contributed by atoms with van der Waals surface area (Å²) in [6.45, 7) is 2.08. The number of thiophene rings is 1. The summed E-state index contributed by atoms with van der Waals surface area (Å²) in [5.41, 5.74) is 8.37. The first kappa shape index (κ1) is 22.2. The van der Waals surface area contributed by atoms with Crippen molar-refractivity contribution >= 4 is 44.9 Å². The molecule has 0 aliphatic rings. The van der Waals surface area contributed by atoms with Gasteiger partial charge in [0.15, 0.2) is 5.82 Å². The molecule has 3 N–H and O–H groups in total. The number of benzene rings is 2. The Hall–Kier alpha value is -4.30. The number of amides is 1. The molecule has 0 saturated heterocycles. The monoisotopic (exact) mass is 492 g/mol. The predicted molar refractivity (Wildman–Crippen MR) is 146 cm³/mol. The average Bonchev–Trinajstić information content (AvgIpc) is 3.66. The number of rotatable bonds is 7. The second-order valence-electron chi connectivity index (χ2n) is 8.75. The molecular formula is C28H24N6OS. The summed E-state index contributed by atoms with van der Waals surface area (Å²) in [6, 6.07) is 16.2. The Morgan fingerprint density at radius 3 is 2.81 bits per heavy atom. The first-order valence-corrected chi connectivity index (χ1v) is 12.9. The average molecular weight is 493 g/mol. The Labute approximate surface area is 211 Å². The molecule has 2 aromatic carbocycles. The maximum Gasteiger partial charge on any atom is 0.224 e. The van der Waals surface area contributed by atoms with Gasteiger partial charge in [0.2, 0.25) is 5.91 Å². The van der Waals surface area contributed by atoms with Crippen LogP contribution in [-0.2, 0) is 4.79 Å². The van der Waals surface area contributed by atoms with Gasteiger partial charge in [0.1, 0.15) is 11.2 Å². The Bertz CT molecular complexity index is 1680. The van der Waals surface area contributed by atoms with Crippen LogP contribution in [0.4, 0.5) is 5.69 Å². The normalized spacial score (nSPS) is 11.4. The number of fused-ring (bicyclic) bond motifs is 2. The number of H-pyrrole nitrogens is 2. The van der Waals surface area contributed by atoms with Gasteiger partial charge in [-0.3, -0.25) is 14.9 Å². The molecule has 6 rings (SSSR count). The third-order valence-corrected chi connectivity index (χ3v) is 6.93. The predicted octanol–water partition coefficient (Wildman–Crippen LogP) is 7.03. The van der Waals surface area contributed by atoms with E-state index in [1.165, 1.54) is 0 Å². The SMILES string of the molecule is CCCCC(=O)Nc1cccc(-c2ccc3[nH]nc(-c4nc5c(-c6ccsc6)cncc5[nH]4)c3c2)c1. The Morgan fingerprint density at radius 2 is 1.94 bits per heavy atom. The highest BCUT2D eigenvalue weighted by Crippen LogP contribution is 2.33. The van der Waals surface area contributed by atoms with E-state index in [9.17, 15) is 4.79 Å². The minimum Gasteiger partial charge on any atom is -0.335 e. The molecule has 6 aromatic rings. The van der Waals surface area contributed by atoms with E-state index in [0.717, 1.165) is 68.4 Å². The van der Waals surface area contributed by atoms with Crippen molar-refractivity contribution in [1.29, 1.82) is 0 Å². The van der Waals surface area contributed by atoms with Gasteiger partial charge in [-0.05, 0) is 64.2 Å². The minimum absolute atomic E-state index is 0.0442. The summed E-state index contributed by atoms with van der Waals surface area (Å²) in [5.74, 6) is 0.734. The molecule has 0 bridgehead atoms. The zero-order chi connectivity index (χ0) is 24.5. The summed E-state index contributed by atoms with van der Waals surface area (Å²) in [6.07, 6.45) is 6.06. The number of hydrogen-bond donors (Lipinski definition) is 3. The van der Waals surface area contributed by atoms with Gasteiger partial charge >= 0.3 is 0 Å². The fraction of sp³-hybridized carbons (Fsp3) is 0.143. The Morgan fingerprint density at radius 1 is 1.03 bits per heavy atom. The van der Waals surface area contributed by atoms with Crippen LogP contribution in [0.5, 0.6) is 0 Å². The van der Waals surface area contributed by atoms with Crippen molar-refractivity contribution in [3.8, 4) is 33.8 Å². The third kappa shape index (κ3) is 4.16. The number of aromatic nitrogens is 5. The molecule has 0 radical (unpaired) electrons. The molecule has 0 atom stereocenters. The molecule has 4 heterocycles. The molecule has 0 aliphatic carbocycles. The van der Waals surface area contributed by atoms with Crippen LogP contribution in [0.3, 0.4) is 0 Å². The van der Waals surface area contributed by atoms with Gasteiger partial charge in [-0.15, -0.1) is 0 Å². The fourth-order valence-corrected chi connectivity index (χ4v) is 5.04. The van der Waals surface area contributed by atoms with E-state index < -0.39 is 0 Å². The quantitative estimate of drug-likeness (QED) is 0.223. The van der Waals surface area contributed by atoms with Crippen molar-refractivity contribution in [2.24, 2.45) is 0 Å². The van der Waals surface area contributed by atoms with Crippen molar-refractivity contribution in [3.63, 3.8) is 0 Å². The number of anilines is 1. The Balaban J connectivity index is 1.37. The third-order valence-electron chi connectivity index (χ3n) is 6.25. The van der Waals surface area contributed by atoms with Crippen molar-refractivity contribution in [2.45, 2.75) is 26.2 Å². The molecule has 36 heavy (non-hydrogen) atoms. The molecular weight excluding hydrogens is 468 g/mol. The lowest BCUT2D eigenvalue weighted by molar-refractivity contribution is -0.116. The first-order chi connectivity index (χ1) is 17.7. The molecule has 8 heteroatoms. The van der Waals surface area contributed by atoms with E-state index in [-0.39, 0.29) is 5.91 Å². The number of carbonyl (C=O) groups excluding carboxylic acids is 1. The van der Waals surface area contributed by atoms with Crippen molar-refractivity contribution in [1.82, 2.24) is 25.1 Å². The number of nitrogens with zero attached hydrogens (tertiary/aromatic N) is 3. The summed E-state index contributed by atoms with van der Waals surface area (Å²) >= 11 is 1.65. The molecule has 0 spiro atoms. The fourth-order valence-electron chi connectivity index (χ4n) is 4.39. The van der Waals surface area contributed by atoms with Crippen LogP contribution >= 0.6 is 11.3 Å². The number of imidazole rings is 1. The second kappa shape index (κ2) is 9.39. The van der Waals surface area contributed by atoms with E-state index in [1.54, 1.807) is 17.5 Å². The van der Waals surface area contributed by atoms with Crippen LogP contribution in [0.15, 0.2) is 71.7 Å². The minimum atomic E-state index is 0.0442. The van der Waals surface area contributed by atoms with E-state index in [4.69, 9.17) is 4.98 Å². The lowest BCUT2D eigenvalue weighted by atomic mass is 10.0. The highest BCUT2D eigenvalue weighted by Gasteiger charge is 2.16. The summed E-state index contributed by atoms with van der Waals surface area (Å²) in [7, 11) is 0. The number of nitrogens with one attached hydrogen (secondary N) is 3. The largest absolute Gasteiger partial charge is 0.335 e. The maximum atomic E-state index is 12.2. The Kier molecular flexibility index (Phi) is 5.79. The molecule has 0 fully saturated rings. The first-order valence-electron chi connectivity index (χ1n) is 11.9. The molecule has 0 aliphatic heterocycles. The molecule has 0 unspecified atom stereocenters. The van der Waals surface area contributed by atoms with Crippen molar-refractivity contribution in [2.75, 3.05) is 5.32 Å². The van der Waals surface area contributed by atoms with Gasteiger partial charge in [0.25, 0.3) is 0 Å². The maximum absolute atomic E-state index is 12.2. The summed E-state index contributed by atoms with van der Waals surface area (Å²) in [4.78, 5) is 24.9. The molecule has 1 amide bonds. The van der Waals surface area contributed by atoms with Crippen LogP contribution in [0.1, 0.15) is 26.2 Å². The number of carbonyl (C=O) groups is 1. The van der Waals surface area contributed by atoms with Crippen LogP contribution < -0.4 is 5.32 Å². The number of pyridine rings is 1. The van der Waals surface area contributed by atoms with Gasteiger partial charge in [0, 0.05) is 29.3 Å². The van der Waals surface area contributed by atoms with E-state index in [0.29, 0.717) is 12.2 Å². The van der Waals surface area contributed by atoms with Gasteiger partial charge in [-0.1, -0.05) is 31.5 Å². The number of hydrogen-bond acceptors (Lipinski definition) is 5. The van der Waals surface area contributed by atoms with Gasteiger partial charge in [0.05, 0.1) is 17.2 Å². The molecule has 7 nitrogen and oxygen atoms in total. The van der Waals surface area contributed by atoms with Crippen LogP contribution in [-0.4, -0.2) is 31.1 Å². The van der Waals surface area contributed by atoms with Crippen molar-refractivity contribution in [3.05, 3.63) is 71.7 Å². The van der Waals surface area contributed by atoms with Gasteiger partial charge in [-0.2, -0.15) is 16.4 Å². The molecule has 178 valence electrons. The molecule has 4 aromatic heterocycles.